The van der Waals surface area contributed by atoms with Crippen LogP contribution in [0.4, 0.5) is 13.2 Å². The lowest BCUT2D eigenvalue weighted by atomic mass is 10.1. The van der Waals surface area contributed by atoms with Crippen LogP contribution >= 0.6 is 0 Å². The van der Waals surface area contributed by atoms with Gasteiger partial charge in [0.15, 0.2) is 21.3 Å². The minimum absolute atomic E-state index is 0.0534. The van der Waals surface area contributed by atoms with Crippen molar-refractivity contribution in [3.05, 3.63) is 36.4 Å². The number of hydrogen-bond acceptors (Lipinski definition) is 5. The van der Waals surface area contributed by atoms with Crippen molar-refractivity contribution in [3.63, 3.8) is 0 Å². The van der Waals surface area contributed by atoms with Crippen molar-refractivity contribution in [2.75, 3.05) is 18.1 Å². The Labute approximate surface area is 170 Å². The lowest BCUT2D eigenvalue weighted by molar-refractivity contribution is -0.0518. The predicted molar refractivity (Wildman–Crippen MR) is 104 cm³/mol. The average Bonchev–Trinajstić information content (AvgIpc) is 3.34. The summed E-state index contributed by atoms with van der Waals surface area (Å²) < 4.78 is 70.4. The highest BCUT2D eigenvalue weighted by Gasteiger charge is 2.37. The van der Waals surface area contributed by atoms with Gasteiger partial charge in [0.05, 0.1) is 6.61 Å². The first kappa shape index (κ1) is 22.2. The van der Waals surface area contributed by atoms with Crippen LogP contribution in [0.2, 0.25) is 0 Å². The fraction of sp³-hybridized carbons (Fsp3) is 0.474. The van der Waals surface area contributed by atoms with Gasteiger partial charge in [0.1, 0.15) is 17.3 Å². The molecule has 0 bridgehead atoms. The molecule has 0 spiro atoms. The van der Waals surface area contributed by atoms with Gasteiger partial charge in [-0.2, -0.15) is 13.2 Å². The largest absolute Gasteiger partial charge is 0.741 e. The number of rotatable bonds is 3. The number of ether oxygens (including phenoxy) is 2. The average molecular weight is 451 g/mol. The molecule has 2 aliphatic rings. The first-order chi connectivity index (χ1) is 13.6. The van der Waals surface area contributed by atoms with Crippen LogP contribution in [-0.4, -0.2) is 42.9 Å². The molecule has 160 valence electrons. The smallest absolute Gasteiger partial charge is 0.485 e. The zero-order chi connectivity index (χ0) is 21.1. The van der Waals surface area contributed by atoms with Gasteiger partial charge in [-0.1, -0.05) is 12.1 Å². The number of benzene rings is 2. The molecule has 4 rings (SSSR count). The van der Waals surface area contributed by atoms with Crippen LogP contribution in [0.15, 0.2) is 41.3 Å². The molecule has 2 heterocycles. The van der Waals surface area contributed by atoms with E-state index < -0.39 is 15.6 Å². The molecule has 2 aromatic rings. The van der Waals surface area contributed by atoms with Crippen LogP contribution in [0.5, 0.6) is 5.75 Å². The van der Waals surface area contributed by atoms with Crippen LogP contribution in [0.1, 0.15) is 25.7 Å². The summed E-state index contributed by atoms with van der Waals surface area (Å²) in [5.41, 5.74) is -5.65. The van der Waals surface area contributed by atoms with Gasteiger partial charge in [-0.3, -0.25) is 0 Å². The first-order valence-electron chi connectivity index (χ1n) is 9.16. The highest BCUT2D eigenvalue weighted by molar-refractivity contribution is 7.97. The van der Waals surface area contributed by atoms with Crippen molar-refractivity contribution >= 4 is 31.8 Å². The van der Waals surface area contributed by atoms with E-state index in [9.17, 15) is 13.2 Å². The Morgan fingerprint density at radius 3 is 2.38 bits per heavy atom. The molecule has 0 aromatic heterocycles. The normalized spacial score (nSPS) is 20.5. The summed E-state index contributed by atoms with van der Waals surface area (Å²) in [5.74, 6) is 3.67. The fourth-order valence-electron chi connectivity index (χ4n) is 3.22. The summed E-state index contributed by atoms with van der Waals surface area (Å²) >= 11 is 0. The zero-order valence-electron chi connectivity index (χ0n) is 15.5. The van der Waals surface area contributed by atoms with E-state index in [1.54, 1.807) is 4.90 Å². The predicted octanol–water partition coefficient (Wildman–Crippen LogP) is 4.18. The highest BCUT2D eigenvalue weighted by Crippen LogP contribution is 2.32. The van der Waals surface area contributed by atoms with E-state index >= 15 is 0 Å². The van der Waals surface area contributed by atoms with Crippen LogP contribution in [0.25, 0.3) is 10.8 Å². The monoisotopic (exact) mass is 450 g/mol. The van der Waals surface area contributed by atoms with E-state index in [0.29, 0.717) is 10.9 Å². The van der Waals surface area contributed by atoms with Crippen molar-refractivity contribution in [3.8, 4) is 5.75 Å². The van der Waals surface area contributed by atoms with E-state index in [2.05, 4.69) is 36.4 Å². The lowest BCUT2D eigenvalue weighted by Crippen LogP contribution is -2.21. The molecule has 2 aliphatic heterocycles. The minimum Gasteiger partial charge on any atom is -0.741 e. The van der Waals surface area contributed by atoms with Gasteiger partial charge in [-0.15, -0.1) is 0 Å². The molecule has 0 radical (unpaired) electrons. The maximum absolute atomic E-state index is 10.7. The highest BCUT2D eigenvalue weighted by atomic mass is 32.2. The van der Waals surface area contributed by atoms with Crippen molar-refractivity contribution < 1.29 is 35.6 Å². The molecule has 0 aliphatic carbocycles. The summed E-state index contributed by atoms with van der Waals surface area (Å²) in [6.07, 6.45) is 4.83. The van der Waals surface area contributed by atoms with Crippen LogP contribution in [-0.2, 0) is 25.7 Å². The molecule has 2 aromatic carbocycles. The number of hydrogen-bond donors (Lipinski definition) is 0. The second-order valence-corrected chi connectivity index (χ2v) is 10.3. The summed E-state index contributed by atoms with van der Waals surface area (Å²) in [7, 11) is -5.63. The molecule has 0 amide bonds. The van der Waals surface area contributed by atoms with E-state index in [0.717, 1.165) is 25.2 Å². The van der Waals surface area contributed by atoms with Gasteiger partial charge in [0.25, 0.3) is 0 Å². The Balaban J connectivity index is 0.000000258. The molecule has 1 atom stereocenters. The number of halogens is 3. The van der Waals surface area contributed by atoms with E-state index in [1.165, 1.54) is 35.1 Å². The molecule has 29 heavy (non-hydrogen) atoms. The zero-order valence-corrected chi connectivity index (χ0v) is 17.1. The van der Waals surface area contributed by atoms with Gasteiger partial charge >= 0.3 is 5.51 Å². The molecule has 2 saturated heterocycles. The third kappa shape index (κ3) is 5.78. The van der Waals surface area contributed by atoms with E-state index in [-0.39, 0.29) is 6.29 Å². The Hall–Kier alpha value is -1.49. The Morgan fingerprint density at radius 2 is 1.79 bits per heavy atom. The Morgan fingerprint density at radius 1 is 1.10 bits per heavy atom. The van der Waals surface area contributed by atoms with Crippen LogP contribution in [0, 0.1) is 0 Å². The summed E-state index contributed by atoms with van der Waals surface area (Å²) in [6, 6.07) is 13.2. The van der Waals surface area contributed by atoms with Crippen molar-refractivity contribution in [1.29, 1.82) is 0 Å². The van der Waals surface area contributed by atoms with Gasteiger partial charge in [0.2, 0.25) is 0 Å². The summed E-state index contributed by atoms with van der Waals surface area (Å²) in [6.45, 7) is 0.825. The van der Waals surface area contributed by atoms with E-state index in [1.807, 2.05) is 0 Å². The maximum Gasteiger partial charge on any atom is 0.485 e. The second kappa shape index (κ2) is 9.11. The quantitative estimate of drug-likeness (QED) is 0.398. The van der Waals surface area contributed by atoms with Gasteiger partial charge < -0.3 is 14.0 Å². The van der Waals surface area contributed by atoms with E-state index in [4.69, 9.17) is 22.4 Å². The van der Waals surface area contributed by atoms with Gasteiger partial charge in [0, 0.05) is 22.7 Å². The maximum atomic E-state index is 10.7. The fourth-order valence-corrected chi connectivity index (χ4v) is 5.74. The SMILES string of the molecule is O=S(=O)([O-])C(F)(F)F.c1cc([S+]2CCCC2)c2ccc(OC3CCCO3)cc2c1. The molecule has 0 N–H and O–H groups in total. The number of alkyl halides is 3. The van der Waals surface area contributed by atoms with Crippen LogP contribution in [0.3, 0.4) is 0 Å². The first-order valence-corrected chi connectivity index (χ1v) is 12.1. The minimum atomic E-state index is -6.09. The van der Waals surface area contributed by atoms with Crippen molar-refractivity contribution in [1.82, 2.24) is 0 Å². The Kier molecular flexibility index (Phi) is 6.98. The molecule has 0 saturated carbocycles. The molecular formula is C19H21F3O5S2. The second-order valence-electron chi connectivity index (χ2n) is 6.71. The van der Waals surface area contributed by atoms with Crippen LogP contribution < -0.4 is 4.74 Å². The van der Waals surface area contributed by atoms with Gasteiger partial charge in [-0.05, 0) is 48.9 Å². The third-order valence-electron chi connectivity index (χ3n) is 4.59. The molecule has 10 heteroatoms. The Bertz CT molecular complexity index is 935. The summed E-state index contributed by atoms with van der Waals surface area (Å²) in [5, 5.41) is 2.70. The standard InChI is InChI=1S/C18H21O2S.CHF3O3S/c1-2-12-21(11-1)17-6-3-5-14-13-15(8-9-16(14)17)20-18-7-4-10-19-18;2-1(3,4)8(5,6)7/h3,5-6,8-9,13,18H,1-2,4,7,10-12H2;(H,5,6,7)/q+1;/p-1. The van der Waals surface area contributed by atoms with Crippen molar-refractivity contribution in [2.24, 2.45) is 0 Å². The third-order valence-corrected chi connectivity index (χ3v) is 7.70. The molecule has 2 fully saturated rings. The summed E-state index contributed by atoms with van der Waals surface area (Å²) in [4.78, 5) is 1.55. The van der Waals surface area contributed by atoms with Gasteiger partial charge in [-0.25, -0.2) is 8.42 Å². The number of fused-ring (bicyclic) bond motifs is 1. The molecular weight excluding hydrogens is 429 g/mol. The molecule has 5 nitrogen and oxygen atoms in total. The molecule has 1 unspecified atom stereocenters. The lowest BCUT2D eigenvalue weighted by Gasteiger charge is -2.13. The van der Waals surface area contributed by atoms with Crippen molar-refractivity contribution in [2.45, 2.75) is 42.4 Å². The topological polar surface area (TPSA) is 75.7 Å².